The molecule has 0 bridgehead atoms. The lowest BCUT2D eigenvalue weighted by atomic mass is 10.1. The number of nitrogens with one attached hydrogen (secondary N) is 2. The van der Waals surface area contributed by atoms with Crippen LogP contribution in [0.2, 0.25) is 0 Å². The molecule has 3 rings (SSSR count). The number of methoxy groups -OCH3 is 1. The molecular formula is C19H18F3N3O3. The molecule has 1 aromatic heterocycles. The molecule has 0 aliphatic heterocycles. The van der Waals surface area contributed by atoms with E-state index in [9.17, 15) is 18.0 Å². The minimum atomic E-state index is -4.78. The van der Waals surface area contributed by atoms with Crippen molar-refractivity contribution in [1.29, 1.82) is 0 Å². The molecule has 0 spiro atoms. The normalized spacial score (nSPS) is 11.4. The Morgan fingerprint density at radius 3 is 2.54 bits per heavy atom. The molecule has 2 N–H and O–H groups in total. The van der Waals surface area contributed by atoms with Crippen molar-refractivity contribution in [3.8, 4) is 11.5 Å². The molecule has 0 radical (unpaired) electrons. The Labute approximate surface area is 158 Å². The summed E-state index contributed by atoms with van der Waals surface area (Å²) in [4.78, 5) is 16.7. The van der Waals surface area contributed by atoms with Crippen LogP contribution in [0.25, 0.3) is 10.9 Å². The molecule has 0 atom stereocenters. The summed E-state index contributed by atoms with van der Waals surface area (Å²) in [5.41, 5.74) is 2.43. The number of fused-ring (bicyclic) bond motifs is 1. The number of rotatable bonds is 5. The van der Waals surface area contributed by atoms with Crippen molar-refractivity contribution in [2.24, 2.45) is 0 Å². The smallest absolute Gasteiger partial charge is 0.494 e. The molecule has 1 amide bonds. The molecule has 0 fully saturated rings. The number of halogens is 3. The number of ether oxygens (including phenoxy) is 2. The lowest BCUT2D eigenvalue weighted by molar-refractivity contribution is -0.274. The third-order valence-electron chi connectivity index (χ3n) is 4.00. The minimum Gasteiger partial charge on any atom is -0.494 e. The van der Waals surface area contributed by atoms with Gasteiger partial charge in [-0.05, 0) is 30.3 Å². The van der Waals surface area contributed by atoms with Gasteiger partial charge in [0.2, 0.25) is 0 Å². The zero-order valence-corrected chi connectivity index (χ0v) is 15.3. The van der Waals surface area contributed by atoms with Gasteiger partial charge in [-0.15, -0.1) is 13.2 Å². The van der Waals surface area contributed by atoms with E-state index in [1.54, 1.807) is 38.5 Å². The van der Waals surface area contributed by atoms with Crippen molar-refractivity contribution < 1.29 is 27.4 Å². The fourth-order valence-corrected chi connectivity index (χ4v) is 2.75. The van der Waals surface area contributed by atoms with Crippen LogP contribution in [0.1, 0.15) is 10.4 Å². The Hall–Kier alpha value is -3.36. The second-order valence-corrected chi connectivity index (χ2v) is 6.20. The first kappa shape index (κ1) is 19.4. The van der Waals surface area contributed by atoms with Gasteiger partial charge in [0, 0.05) is 42.9 Å². The molecule has 0 unspecified atom stereocenters. The highest BCUT2D eigenvalue weighted by Gasteiger charge is 2.31. The van der Waals surface area contributed by atoms with E-state index in [1.165, 1.54) is 24.1 Å². The first-order valence-electron chi connectivity index (χ1n) is 8.21. The van der Waals surface area contributed by atoms with Gasteiger partial charge in [-0.2, -0.15) is 0 Å². The molecule has 9 heteroatoms. The Bertz CT molecular complexity index is 1010. The summed E-state index contributed by atoms with van der Waals surface area (Å²) in [6.07, 6.45) is -3.14. The van der Waals surface area contributed by atoms with E-state index in [2.05, 4.69) is 15.0 Å². The molecule has 148 valence electrons. The van der Waals surface area contributed by atoms with Crippen LogP contribution in [0.3, 0.4) is 0 Å². The summed E-state index contributed by atoms with van der Waals surface area (Å²) in [6, 6.07) is 9.12. The molecule has 0 aliphatic rings. The number of anilines is 2. The molecule has 3 aromatic rings. The van der Waals surface area contributed by atoms with Crippen LogP contribution in [0.15, 0.2) is 42.6 Å². The Morgan fingerprint density at radius 2 is 1.89 bits per heavy atom. The van der Waals surface area contributed by atoms with E-state index in [1.807, 2.05) is 0 Å². The first-order valence-corrected chi connectivity index (χ1v) is 8.21. The highest BCUT2D eigenvalue weighted by molar-refractivity contribution is 6.07. The number of amides is 1. The molecule has 0 saturated heterocycles. The maximum atomic E-state index is 12.4. The molecule has 6 nitrogen and oxygen atoms in total. The molecule has 2 aromatic carbocycles. The van der Waals surface area contributed by atoms with Crippen molar-refractivity contribution >= 4 is 28.2 Å². The van der Waals surface area contributed by atoms with E-state index in [0.29, 0.717) is 16.9 Å². The Morgan fingerprint density at radius 1 is 1.14 bits per heavy atom. The third kappa shape index (κ3) is 4.13. The largest absolute Gasteiger partial charge is 0.573 e. The van der Waals surface area contributed by atoms with E-state index < -0.39 is 6.36 Å². The number of carbonyl (C=O) groups is 1. The number of carbonyl (C=O) groups excluding carboxylic acids is 1. The van der Waals surface area contributed by atoms with Crippen LogP contribution >= 0.6 is 0 Å². The monoisotopic (exact) mass is 393 g/mol. The number of alkyl halides is 3. The van der Waals surface area contributed by atoms with Crippen LogP contribution in [-0.4, -0.2) is 43.4 Å². The van der Waals surface area contributed by atoms with Crippen molar-refractivity contribution in [1.82, 2.24) is 9.88 Å². The van der Waals surface area contributed by atoms with Gasteiger partial charge in [-0.3, -0.25) is 4.79 Å². The summed E-state index contributed by atoms with van der Waals surface area (Å²) in [5.74, 6) is -0.299. The fraction of sp³-hybridized carbons (Fsp3) is 0.211. The second-order valence-electron chi connectivity index (χ2n) is 6.20. The first-order chi connectivity index (χ1) is 13.2. The van der Waals surface area contributed by atoms with E-state index in [-0.39, 0.29) is 17.4 Å². The predicted molar refractivity (Wildman–Crippen MR) is 99.3 cm³/mol. The van der Waals surface area contributed by atoms with Gasteiger partial charge in [0.1, 0.15) is 11.5 Å². The minimum absolute atomic E-state index is 0.117. The fourth-order valence-electron chi connectivity index (χ4n) is 2.75. The zero-order valence-electron chi connectivity index (χ0n) is 15.3. The summed E-state index contributed by atoms with van der Waals surface area (Å²) in [6.45, 7) is 0. The van der Waals surface area contributed by atoms with Gasteiger partial charge < -0.3 is 24.7 Å². The highest BCUT2D eigenvalue weighted by atomic mass is 19.4. The number of hydrogen-bond donors (Lipinski definition) is 2. The highest BCUT2D eigenvalue weighted by Crippen LogP contribution is 2.34. The summed E-state index contributed by atoms with van der Waals surface area (Å²) in [5, 5.41) is 3.86. The average Bonchev–Trinajstić information content (AvgIpc) is 3.04. The maximum Gasteiger partial charge on any atom is 0.573 e. The van der Waals surface area contributed by atoms with Crippen molar-refractivity contribution in [2.75, 3.05) is 26.5 Å². The summed E-state index contributed by atoms with van der Waals surface area (Å²) in [7, 11) is 4.70. The lowest BCUT2D eigenvalue weighted by Crippen LogP contribution is -2.21. The SMILES string of the molecule is COc1cc(OC(F)(F)F)ccc1Nc1ccc2c(C(=O)N(C)C)c[nH]c2c1. The number of aromatic amines is 1. The number of benzene rings is 2. The number of nitrogens with zero attached hydrogens (tertiary/aromatic N) is 1. The van der Waals surface area contributed by atoms with Crippen LogP contribution in [0.5, 0.6) is 11.5 Å². The number of H-pyrrole nitrogens is 1. The van der Waals surface area contributed by atoms with Crippen LogP contribution in [-0.2, 0) is 0 Å². The Balaban J connectivity index is 1.87. The van der Waals surface area contributed by atoms with Crippen LogP contribution < -0.4 is 14.8 Å². The second kappa shape index (κ2) is 7.34. The average molecular weight is 393 g/mol. The van der Waals surface area contributed by atoms with Crippen molar-refractivity contribution in [3.63, 3.8) is 0 Å². The lowest BCUT2D eigenvalue weighted by Gasteiger charge is -2.14. The molecule has 0 saturated carbocycles. The third-order valence-corrected chi connectivity index (χ3v) is 4.00. The van der Waals surface area contributed by atoms with Gasteiger partial charge in [-0.1, -0.05) is 0 Å². The van der Waals surface area contributed by atoms with Crippen LogP contribution in [0.4, 0.5) is 24.5 Å². The number of hydrogen-bond acceptors (Lipinski definition) is 4. The summed E-state index contributed by atoms with van der Waals surface area (Å²) < 4.78 is 46.2. The molecular weight excluding hydrogens is 375 g/mol. The number of aromatic nitrogens is 1. The zero-order chi connectivity index (χ0) is 20.5. The van der Waals surface area contributed by atoms with Gasteiger partial charge in [0.05, 0.1) is 18.4 Å². The Kier molecular flexibility index (Phi) is 5.08. The van der Waals surface area contributed by atoms with E-state index in [4.69, 9.17) is 4.74 Å². The molecule has 28 heavy (non-hydrogen) atoms. The van der Waals surface area contributed by atoms with Gasteiger partial charge in [0.25, 0.3) is 5.91 Å². The maximum absolute atomic E-state index is 12.4. The quantitative estimate of drug-likeness (QED) is 0.669. The predicted octanol–water partition coefficient (Wildman–Crippen LogP) is 4.52. The topological polar surface area (TPSA) is 66.6 Å². The van der Waals surface area contributed by atoms with E-state index >= 15 is 0 Å². The standard InChI is InChI=1S/C19H18F3N3O3/c1-25(2)18(26)14-10-23-16-8-11(4-6-13(14)16)24-15-7-5-12(9-17(15)27-3)28-19(20,21)22/h4-10,23-24H,1-3H3. The van der Waals surface area contributed by atoms with Crippen LogP contribution in [0, 0.1) is 0 Å². The molecule has 0 aliphatic carbocycles. The van der Waals surface area contributed by atoms with E-state index in [0.717, 1.165) is 17.0 Å². The van der Waals surface area contributed by atoms with Gasteiger partial charge in [-0.25, -0.2) is 0 Å². The summed E-state index contributed by atoms with van der Waals surface area (Å²) >= 11 is 0. The molecule has 1 heterocycles. The van der Waals surface area contributed by atoms with Crippen molar-refractivity contribution in [2.45, 2.75) is 6.36 Å². The van der Waals surface area contributed by atoms with Gasteiger partial charge in [0.15, 0.2) is 0 Å². The van der Waals surface area contributed by atoms with Crippen molar-refractivity contribution in [3.05, 3.63) is 48.2 Å². The van der Waals surface area contributed by atoms with Gasteiger partial charge >= 0.3 is 6.36 Å².